The minimum absolute atomic E-state index is 0.244. The Kier molecular flexibility index (Phi) is 5.86. The molecule has 0 atom stereocenters. The fourth-order valence-electron chi connectivity index (χ4n) is 2.45. The van der Waals surface area contributed by atoms with Gasteiger partial charge in [-0.2, -0.15) is 0 Å². The maximum Gasteiger partial charge on any atom is 0.339 e. The highest BCUT2D eigenvalue weighted by molar-refractivity contribution is 6.31. The van der Waals surface area contributed by atoms with Crippen LogP contribution in [-0.4, -0.2) is 29.0 Å². The second-order valence-electron chi connectivity index (χ2n) is 5.82. The average Bonchev–Trinajstić information content (AvgIpc) is 2.71. The Morgan fingerprint density at radius 1 is 1.00 bits per heavy atom. The molecule has 28 heavy (non-hydrogen) atoms. The van der Waals surface area contributed by atoms with Gasteiger partial charge in [0.05, 0.1) is 23.9 Å². The van der Waals surface area contributed by atoms with Crippen LogP contribution in [0.3, 0.4) is 0 Å². The molecule has 0 aliphatic rings. The fraction of sp³-hybridized carbons (Fsp3) is 0.100. The van der Waals surface area contributed by atoms with Gasteiger partial charge in [0, 0.05) is 23.1 Å². The number of halogens is 1. The number of nitrogens with zero attached hydrogens (tertiary/aromatic N) is 2. The first-order valence-corrected chi connectivity index (χ1v) is 8.70. The minimum Gasteiger partial charge on any atom is -0.465 e. The predicted molar refractivity (Wildman–Crippen MR) is 107 cm³/mol. The molecule has 0 radical (unpaired) electrons. The van der Waals surface area contributed by atoms with Crippen LogP contribution in [0.15, 0.2) is 54.9 Å². The van der Waals surface area contributed by atoms with Crippen LogP contribution < -0.4 is 10.6 Å². The molecule has 0 aliphatic heterocycles. The zero-order valence-corrected chi connectivity index (χ0v) is 15.9. The number of aromatic nitrogens is 2. The Hall–Kier alpha value is -3.45. The van der Waals surface area contributed by atoms with Crippen molar-refractivity contribution >= 4 is 40.8 Å². The first kappa shape index (κ1) is 19.3. The maximum atomic E-state index is 12.5. The van der Waals surface area contributed by atoms with Gasteiger partial charge in [0.1, 0.15) is 0 Å². The maximum absolute atomic E-state index is 12.5. The highest BCUT2D eigenvalue weighted by Gasteiger charge is 2.15. The predicted octanol–water partition coefficient (Wildman–Crippen LogP) is 4.22. The quantitative estimate of drug-likeness (QED) is 0.627. The number of hydrogen-bond donors (Lipinski definition) is 2. The van der Waals surface area contributed by atoms with Crippen molar-refractivity contribution in [3.63, 3.8) is 0 Å². The summed E-state index contributed by atoms with van der Waals surface area (Å²) in [7, 11) is 1.28. The van der Waals surface area contributed by atoms with E-state index < -0.39 is 11.9 Å². The Morgan fingerprint density at radius 2 is 1.68 bits per heavy atom. The van der Waals surface area contributed by atoms with Crippen molar-refractivity contribution in [3.05, 3.63) is 76.6 Å². The standard InChI is InChI=1S/C20H17ClN4O3/c1-12-15(21)7-5-9-16(12)25-20-22-10-13(11-23-20)18(26)24-17-8-4-3-6-14(17)19(27)28-2/h3-11H,1-2H3,(H,24,26)(H,22,23,25). The molecule has 8 heteroatoms. The number of para-hydroxylation sites is 1. The molecule has 1 aromatic heterocycles. The second-order valence-corrected chi connectivity index (χ2v) is 6.23. The molecule has 0 saturated heterocycles. The number of rotatable bonds is 5. The van der Waals surface area contributed by atoms with Gasteiger partial charge in [-0.25, -0.2) is 14.8 Å². The number of esters is 1. The van der Waals surface area contributed by atoms with E-state index in [9.17, 15) is 9.59 Å². The molecule has 1 amide bonds. The molecule has 142 valence electrons. The summed E-state index contributed by atoms with van der Waals surface area (Å²) in [5, 5.41) is 6.36. The van der Waals surface area contributed by atoms with Crippen LogP contribution in [0.5, 0.6) is 0 Å². The van der Waals surface area contributed by atoms with E-state index in [0.717, 1.165) is 11.3 Å². The van der Waals surface area contributed by atoms with E-state index in [1.54, 1.807) is 30.3 Å². The van der Waals surface area contributed by atoms with Crippen LogP contribution in [0, 0.1) is 6.92 Å². The summed E-state index contributed by atoms with van der Waals surface area (Å²) in [4.78, 5) is 32.6. The number of ether oxygens (including phenoxy) is 1. The zero-order chi connectivity index (χ0) is 20.1. The van der Waals surface area contributed by atoms with Crippen molar-refractivity contribution in [1.29, 1.82) is 0 Å². The van der Waals surface area contributed by atoms with Crippen molar-refractivity contribution in [2.24, 2.45) is 0 Å². The van der Waals surface area contributed by atoms with Crippen molar-refractivity contribution in [1.82, 2.24) is 9.97 Å². The molecular formula is C20H17ClN4O3. The van der Waals surface area contributed by atoms with Crippen LogP contribution >= 0.6 is 11.6 Å². The van der Waals surface area contributed by atoms with Crippen LogP contribution in [0.2, 0.25) is 5.02 Å². The van der Waals surface area contributed by atoms with Gasteiger partial charge in [0.25, 0.3) is 5.91 Å². The number of anilines is 3. The molecule has 2 N–H and O–H groups in total. The smallest absolute Gasteiger partial charge is 0.339 e. The molecule has 7 nitrogen and oxygen atoms in total. The molecule has 2 aromatic carbocycles. The van der Waals surface area contributed by atoms with Crippen molar-refractivity contribution in [2.75, 3.05) is 17.7 Å². The summed E-state index contributed by atoms with van der Waals surface area (Å²) < 4.78 is 4.72. The number of methoxy groups -OCH3 is 1. The summed E-state index contributed by atoms with van der Waals surface area (Å²) in [5.74, 6) is -0.651. The molecule has 3 rings (SSSR count). The molecular weight excluding hydrogens is 380 g/mol. The van der Waals surface area contributed by atoms with Crippen LogP contribution in [0.25, 0.3) is 0 Å². The van der Waals surface area contributed by atoms with Gasteiger partial charge in [-0.3, -0.25) is 4.79 Å². The van der Waals surface area contributed by atoms with E-state index in [2.05, 4.69) is 20.6 Å². The van der Waals surface area contributed by atoms with Crippen molar-refractivity contribution in [3.8, 4) is 0 Å². The average molecular weight is 397 g/mol. The van der Waals surface area contributed by atoms with Crippen LogP contribution in [0.4, 0.5) is 17.3 Å². The van der Waals surface area contributed by atoms with E-state index in [1.165, 1.54) is 19.5 Å². The first-order chi connectivity index (χ1) is 13.5. The molecule has 3 aromatic rings. The normalized spacial score (nSPS) is 10.2. The van der Waals surface area contributed by atoms with Gasteiger partial charge >= 0.3 is 5.97 Å². The molecule has 0 spiro atoms. The number of nitrogens with one attached hydrogen (secondary N) is 2. The van der Waals surface area contributed by atoms with Gasteiger partial charge in [-0.1, -0.05) is 29.8 Å². The van der Waals surface area contributed by atoms with Crippen LogP contribution in [0.1, 0.15) is 26.3 Å². The third-order valence-electron chi connectivity index (χ3n) is 4.01. The molecule has 0 bridgehead atoms. The number of amides is 1. The molecule has 0 fully saturated rings. The second kappa shape index (κ2) is 8.49. The highest BCUT2D eigenvalue weighted by Crippen LogP contribution is 2.25. The first-order valence-electron chi connectivity index (χ1n) is 8.32. The molecule has 0 saturated carbocycles. The van der Waals surface area contributed by atoms with E-state index in [-0.39, 0.29) is 11.1 Å². The van der Waals surface area contributed by atoms with Gasteiger partial charge in [0.15, 0.2) is 0 Å². The summed E-state index contributed by atoms with van der Waals surface area (Å²) >= 11 is 6.10. The largest absolute Gasteiger partial charge is 0.465 e. The number of carbonyl (C=O) groups excluding carboxylic acids is 2. The summed E-state index contributed by atoms with van der Waals surface area (Å²) in [6.07, 6.45) is 2.79. The van der Waals surface area contributed by atoms with E-state index in [0.29, 0.717) is 16.7 Å². The highest BCUT2D eigenvalue weighted by atomic mass is 35.5. The number of hydrogen-bond acceptors (Lipinski definition) is 6. The number of carbonyl (C=O) groups is 2. The third kappa shape index (κ3) is 4.27. The summed E-state index contributed by atoms with van der Waals surface area (Å²) in [6.45, 7) is 1.88. The third-order valence-corrected chi connectivity index (χ3v) is 4.42. The van der Waals surface area contributed by atoms with Gasteiger partial charge in [0.2, 0.25) is 5.95 Å². The Labute approximate surface area is 166 Å². The van der Waals surface area contributed by atoms with Gasteiger partial charge in [-0.15, -0.1) is 0 Å². The topological polar surface area (TPSA) is 93.2 Å². The lowest BCUT2D eigenvalue weighted by Crippen LogP contribution is -2.16. The summed E-state index contributed by atoms with van der Waals surface area (Å²) in [5.41, 5.74) is 2.49. The monoisotopic (exact) mass is 396 g/mol. The lowest BCUT2D eigenvalue weighted by atomic mass is 10.1. The Morgan fingerprint density at radius 3 is 2.39 bits per heavy atom. The summed E-state index contributed by atoms with van der Waals surface area (Å²) in [6, 6.07) is 12.0. The Balaban J connectivity index is 1.74. The lowest BCUT2D eigenvalue weighted by Gasteiger charge is -2.11. The zero-order valence-electron chi connectivity index (χ0n) is 15.2. The molecule has 0 unspecified atom stereocenters. The van der Waals surface area contributed by atoms with Gasteiger partial charge in [-0.05, 0) is 36.8 Å². The Bertz CT molecular complexity index is 1020. The van der Waals surface area contributed by atoms with E-state index in [4.69, 9.17) is 16.3 Å². The fourth-order valence-corrected chi connectivity index (χ4v) is 2.62. The van der Waals surface area contributed by atoms with Crippen LogP contribution in [-0.2, 0) is 4.74 Å². The molecule has 1 heterocycles. The van der Waals surface area contributed by atoms with Crippen molar-refractivity contribution in [2.45, 2.75) is 6.92 Å². The SMILES string of the molecule is COC(=O)c1ccccc1NC(=O)c1cnc(Nc2cccc(Cl)c2C)nc1. The van der Waals surface area contributed by atoms with E-state index >= 15 is 0 Å². The minimum atomic E-state index is -0.538. The van der Waals surface area contributed by atoms with Gasteiger partial charge < -0.3 is 15.4 Å². The number of benzene rings is 2. The lowest BCUT2D eigenvalue weighted by molar-refractivity contribution is 0.0602. The van der Waals surface area contributed by atoms with Crippen molar-refractivity contribution < 1.29 is 14.3 Å². The molecule has 0 aliphatic carbocycles. The van der Waals surface area contributed by atoms with E-state index in [1.807, 2.05) is 19.1 Å².